The molecule has 0 aliphatic heterocycles. The molecule has 5 aromatic heterocycles. The summed E-state index contributed by atoms with van der Waals surface area (Å²) in [4.78, 5) is 20.2. The average molecular weight is 502 g/mol. The maximum absolute atomic E-state index is 5.79. The fourth-order valence-electron chi connectivity index (χ4n) is 3.94. The van der Waals surface area contributed by atoms with Crippen molar-refractivity contribution in [2.45, 2.75) is 26.8 Å². The van der Waals surface area contributed by atoms with Gasteiger partial charge in [-0.15, -0.1) is 5.10 Å². The van der Waals surface area contributed by atoms with Crippen molar-refractivity contribution in [3.05, 3.63) is 48.7 Å². The van der Waals surface area contributed by atoms with Crippen LogP contribution in [0.2, 0.25) is 0 Å². The van der Waals surface area contributed by atoms with Gasteiger partial charge in [0.15, 0.2) is 11.6 Å². The Hall–Kier alpha value is -4.32. The van der Waals surface area contributed by atoms with Crippen LogP contribution in [0.5, 0.6) is 5.88 Å². The number of hydrogen-bond donors (Lipinski definition) is 1. The molecule has 0 spiro atoms. The maximum atomic E-state index is 5.79. The number of rotatable bonds is 9. The fourth-order valence-corrected chi connectivity index (χ4v) is 3.94. The number of nitrogens with zero attached hydrogens (tertiary/aromatic N) is 10. The van der Waals surface area contributed by atoms with E-state index in [0.717, 1.165) is 28.9 Å². The summed E-state index contributed by atoms with van der Waals surface area (Å²) in [5, 5.41) is 12.8. The Morgan fingerprint density at radius 2 is 1.89 bits per heavy atom. The van der Waals surface area contributed by atoms with Crippen molar-refractivity contribution in [2.24, 2.45) is 7.05 Å². The molecule has 5 aromatic rings. The van der Waals surface area contributed by atoms with Crippen molar-refractivity contribution < 1.29 is 4.74 Å². The highest BCUT2D eigenvalue weighted by Gasteiger charge is 2.20. The standard InChI is InChI=1S/C25H31N11O/c1-16(2)35-11-8-19(31-35)18-15-36-21(17(18)3)22(29-23(32-36)24-26-10-12-34(24)6)30-25-27-9-7-20(28-25)37-14-13-33(4)5/h7-12,15-16H,13-14H2,1-6H3,(H,27,28,29,30,32). The molecule has 0 aliphatic carbocycles. The topological polar surface area (TPSA) is 116 Å². The van der Waals surface area contributed by atoms with Gasteiger partial charge in [-0.25, -0.2) is 19.5 Å². The zero-order valence-electron chi connectivity index (χ0n) is 21.9. The second-order valence-corrected chi connectivity index (χ2v) is 9.38. The van der Waals surface area contributed by atoms with E-state index in [2.05, 4.69) is 34.1 Å². The molecular weight excluding hydrogens is 470 g/mol. The highest BCUT2D eigenvalue weighted by atomic mass is 16.5. The summed E-state index contributed by atoms with van der Waals surface area (Å²) in [6.45, 7) is 7.55. The molecule has 5 rings (SSSR count). The summed E-state index contributed by atoms with van der Waals surface area (Å²) in [5.74, 6) is 2.53. The number of fused-ring (bicyclic) bond motifs is 1. The zero-order valence-corrected chi connectivity index (χ0v) is 21.9. The Balaban J connectivity index is 1.58. The lowest BCUT2D eigenvalue weighted by Gasteiger charge is -2.12. The number of ether oxygens (including phenoxy) is 1. The second-order valence-electron chi connectivity index (χ2n) is 9.38. The minimum Gasteiger partial charge on any atom is -0.476 e. The van der Waals surface area contributed by atoms with Crippen LogP contribution in [-0.4, -0.2) is 76.0 Å². The van der Waals surface area contributed by atoms with Gasteiger partial charge in [-0.2, -0.15) is 10.1 Å². The van der Waals surface area contributed by atoms with Gasteiger partial charge in [0, 0.05) is 62.2 Å². The maximum Gasteiger partial charge on any atom is 0.231 e. The minimum absolute atomic E-state index is 0.266. The number of aryl methyl sites for hydroxylation is 2. The lowest BCUT2D eigenvalue weighted by molar-refractivity contribution is 0.254. The van der Waals surface area contributed by atoms with Gasteiger partial charge >= 0.3 is 0 Å². The average Bonchev–Trinajstić information content (AvgIpc) is 3.58. The molecule has 0 amide bonds. The van der Waals surface area contributed by atoms with Crippen LogP contribution in [0.4, 0.5) is 11.8 Å². The molecule has 0 radical (unpaired) electrons. The van der Waals surface area contributed by atoms with Crippen LogP contribution in [0.25, 0.3) is 28.4 Å². The highest BCUT2D eigenvalue weighted by molar-refractivity contribution is 5.83. The minimum atomic E-state index is 0.266. The van der Waals surface area contributed by atoms with E-state index in [9.17, 15) is 0 Å². The molecule has 12 nitrogen and oxygen atoms in total. The molecule has 37 heavy (non-hydrogen) atoms. The third kappa shape index (κ3) is 5.00. The molecule has 0 aliphatic rings. The van der Waals surface area contributed by atoms with Crippen molar-refractivity contribution in [2.75, 3.05) is 32.6 Å². The van der Waals surface area contributed by atoms with Crippen molar-refractivity contribution in [1.29, 1.82) is 0 Å². The lowest BCUT2D eigenvalue weighted by Crippen LogP contribution is -2.19. The second kappa shape index (κ2) is 9.97. The number of aromatic nitrogens is 9. The van der Waals surface area contributed by atoms with Crippen LogP contribution in [0.15, 0.2) is 43.1 Å². The Labute approximate surface area is 215 Å². The number of likely N-dealkylation sites (N-methyl/N-ethyl adjacent to an activating group) is 1. The molecular formula is C25H31N11O. The molecule has 5 heterocycles. The first kappa shape index (κ1) is 24.4. The zero-order chi connectivity index (χ0) is 26.1. The Bertz CT molecular complexity index is 1530. The molecule has 0 saturated heterocycles. The van der Waals surface area contributed by atoms with Crippen LogP contribution in [0, 0.1) is 6.92 Å². The van der Waals surface area contributed by atoms with Crippen LogP contribution >= 0.6 is 0 Å². The summed E-state index contributed by atoms with van der Waals surface area (Å²) in [6.07, 6.45) is 9.20. The number of hydrogen-bond acceptors (Lipinski definition) is 9. The monoisotopic (exact) mass is 501 g/mol. The number of imidazole rings is 1. The first-order chi connectivity index (χ1) is 17.8. The molecule has 1 N–H and O–H groups in total. The SMILES string of the molecule is Cc1c(-c2ccn(C(C)C)n2)cn2nc(-c3nccn3C)nc(Nc3nccc(OCCN(C)C)n3)c12. The lowest BCUT2D eigenvalue weighted by atomic mass is 10.1. The molecule has 0 fully saturated rings. The Morgan fingerprint density at radius 1 is 1.05 bits per heavy atom. The van der Waals surface area contributed by atoms with E-state index < -0.39 is 0 Å². The van der Waals surface area contributed by atoms with Gasteiger partial charge in [0.1, 0.15) is 12.1 Å². The van der Waals surface area contributed by atoms with Gasteiger partial charge in [-0.3, -0.25) is 4.68 Å². The Morgan fingerprint density at radius 3 is 2.59 bits per heavy atom. The van der Waals surface area contributed by atoms with Crippen molar-refractivity contribution in [3.8, 4) is 28.8 Å². The van der Waals surface area contributed by atoms with Crippen LogP contribution in [0.3, 0.4) is 0 Å². The van der Waals surface area contributed by atoms with Crippen molar-refractivity contribution in [1.82, 2.24) is 48.8 Å². The van der Waals surface area contributed by atoms with E-state index in [1.54, 1.807) is 18.5 Å². The molecule has 12 heteroatoms. The van der Waals surface area contributed by atoms with Crippen LogP contribution in [-0.2, 0) is 7.05 Å². The smallest absolute Gasteiger partial charge is 0.231 e. The predicted octanol–water partition coefficient (Wildman–Crippen LogP) is 3.36. The van der Waals surface area contributed by atoms with E-state index in [1.165, 1.54) is 0 Å². The molecule has 0 saturated carbocycles. The third-order valence-corrected chi connectivity index (χ3v) is 5.97. The normalized spacial score (nSPS) is 11.7. The summed E-state index contributed by atoms with van der Waals surface area (Å²) in [6, 6.07) is 4.02. The quantitative estimate of drug-likeness (QED) is 0.324. The van der Waals surface area contributed by atoms with E-state index >= 15 is 0 Å². The molecule has 0 unspecified atom stereocenters. The van der Waals surface area contributed by atoms with Gasteiger partial charge in [-0.05, 0) is 46.5 Å². The first-order valence-electron chi connectivity index (χ1n) is 12.1. The summed E-state index contributed by atoms with van der Waals surface area (Å²) in [7, 11) is 5.90. The molecule has 0 atom stereocenters. The van der Waals surface area contributed by atoms with E-state index in [0.29, 0.717) is 35.9 Å². The molecule has 0 bridgehead atoms. The van der Waals surface area contributed by atoms with Crippen molar-refractivity contribution >= 4 is 17.3 Å². The Kier molecular flexibility index (Phi) is 6.57. The van der Waals surface area contributed by atoms with E-state index in [4.69, 9.17) is 19.9 Å². The van der Waals surface area contributed by atoms with Gasteiger partial charge in [-0.1, -0.05) is 0 Å². The predicted molar refractivity (Wildman–Crippen MR) is 141 cm³/mol. The van der Waals surface area contributed by atoms with Gasteiger partial charge < -0.3 is 19.5 Å². The van der Waals surface area contributed by atoms with Gasteiger partial charge in [0.05, 0.1) is 5.69 Å². The van der Waals surface area contributed by atoms with E-state index in [-0.39, 0.29) is 6.04 Å². The molecule has 0 aromatic carbocycles. The molecule has 192 valence electrons. The van der Waals surface area contributed by atoms with Crippen molar-refractivity contribution in [3.63, 3.8) is 0 Å². The van der Waals surface area contributed by atoms with E-state index in [1.807, 2.05) is 71.4 Å². The fraction of sp³-hybridized carbons (Fsp3) is 0.360. The van der Waals surface area contributed by atoms with Gasteiger partial charge in [0.25, 0.3) is 0 Å². The largest absolute Gasteiger partial charge is 0.476 e. The van der Waals surface area contributed by atoms with Crippen LogP contribution < -0.4 is 10.1 Å². The summed E-state index contributed by atoms with van der Waals surface area (Å²) >= 11 is 0. The summed E-state index contributed by atoms with van der Waals surface area (Å²) < 4.78 is 11.4. The summed E-state index contributed by atoms with van der Waals surface area (Å²) in [5.41, 5.74) is 3.63. The van der Waals surface area contributed by atoms with Crippen LogP contribution in [0.1, 0.15) is 25.5 Å². The highest BCUT2D eigenvalue weighted by Crippen LogP contribution is 2.32. The van der Waals surface area contributed by atoms with Gasteiger partial charge in [0.2, 0.25) is 17.7 Å². The number of anilines is 2. The first-order valence-corrected chi connectivity index (χ1v) is 12.1. The number of nitrogens with one attached hydrogen (secondary N) is 1. The third-order valence-electron chi connectivity index (χ3n) is 5.97.